The molecule has 0 atom stereocenters. The zero-order valence-electron chi connectivity index (χ0n) is 13.3. The molecule has 0 unspecified atom stereocenters. The van der Waals surface area contributed by atoms with Crippen LogP contribution in [0.25, 0.3) is 0 Å². The molecule has 0 aliphatic rings. The molecule has 112 valence electrons. The van der Waals surface area contributed by atoms with Gasteiger partial charge in [0.2, 0.25) is 5.91 Å². The van der Waals surface area contributed by atoms with E-state index in [-0.39, 0.29) is 11.7 Å². The fourth-order valence-corrected chi connectivity index (χ4v) is 1.75. The molecule has 0 spiro atoms. The number of nitrogens with one attached hydrogen (secondary N) is 1. The molecule has 0 aromatic carbocycles. The lowest BCUT2D eigenvalue weighted by Crippen LogP contribution is -2.38. The number of rotatable bonds is 9. The number of ketones is 1. The van der Waals surface area contributed by atoms with Gasteiger partial charge in [-0.25, -0.2) is 0 Å². The number of Topliss-reactive ketones (excluding diaryl/α,β-unsaturated/α-hetero) is 1. The smallest absolute Gasteiger partial charge is 0.225 e. The van der Waals surface area contributed by atoms with Crippen molar-refractivity contribution < 1.29 is 14.3 Å². The summed E-state index contributed by atoms with van der Waals surface area (Å²) in [6.07, 6.45) is 1.60. The van der Waals surface area contributed by atoms with Gasteiger partial charge in [0.05, 0.1) is 5.60 Å². The summed E-state index contributed by atoms with van der Waals surface area (Å²) >= 11 is 0. The van der Waals surface area contributed by atoms with E-state index < -0.39 is 11.0 Å². The third kappa shape index (κ3) is 7.31. The monoisotopic (exact) mass is 271 g/mol. The van der Waals surface area contributed by atoms with Crippen LogP contribution in [0.5, 0.6) is 0 Å². The van der Waals surface area contributed by atoms with E-state index >= 15 is 0 Å². The van der Waals surface area contributed by atoms with Crippen LogP contribution in [0.15, 0.2) is 0 Å². The summed E-state index contributed by atoms with van der Waals surface area (Å²) in [5, 5.41) is 2.83. The first-order valence-electron chi connectivity index (χ1n) is 7.08. The van der Waals surface area contributed by atoms with Gasteiger partial charge in [-0.15, -0.1) is 0 Å². The standard InChI is InChI=1S/C15H29NO3/c1-7-12(17)11-15(5,6)19-10-9-14(3,4)13(18)16-8-2/h7-11H2,1-6H3,(H,16,18). The minimum Gasteiger partial charge on any atom is -0.375 e. The molecule has 0 aromatic rings. The molecule has 0 bridgehead atoms. The van der Waals surface area contributed by atoms with E-state index in [4.69, 9.17) is 4.74 Å². The van der Waals surface area contributed by atoms with Gasteiger partial charge in [0.15, 0.2) is 0 Å². The Morgan fingerprint density at radius 3 is 2.16 bits per heavy atom. The third-order valence-electron chi connectivity index (χ3n) is 3.19. The molecule has 19 heavy (non-hydrogen) atoms. The maximum absolute atomic E-state index is 11.8. The number of hydrogen-bond donors (Lipinski definition) is 1. The molecule has 0 aliphatic heterocycles. The molecule has 4 nitrogen and oxygen atoms in total. The molecule has 0 radical (unpaired) electrons. The highest BCUT2D eigenvalue weighted by atomic mass is 16.5. The van der Waals surface area contributed by atoms with E-state index in [0.29, 0.717) is 32.4 Å². The van der Waals surface area contributed by atoms with Crippen LogP contribution in [0.2, 0.25) is 0 Å². The highest BCUT2D eigenvalue weighted by Crippen LogP contribution is 2.23. The van der Waals surface area contributed by atoms with Crippen LogP contribution in [0, 0.1) is 5.41 Å². The first-order valence-corrected chi connectivity index (χ1v) is 7.08. The van der Waals surface area contributed by atoms with Gasteiger partial charge < -0.3 is 10.1 Å². The second-order valence-electron chi connectivity index (χ2n) is 6.17. The zero-order valence-corrected chi connectivity index (χ0v) is 13.3. The van der Waals surface area contributed by atoms with Crippen molar-refractivity contribution in [1.82, 2.24) is 5.32 Å². The number of hydrogen-bond acceptors (Lipinski definition) is 3. The van der Waals surface area contributed by atoms with Crippen molar-refractivity contribution >= 4 is 11.7 Å². The summed E-state index contributed by atoms with van der Waals surface area (Å²) in [7, 11) is 0. The lowest BCUT2D eigenvalue weighted by molar-refractivity contribution is -0.133. The Balaban J connectivity index is 4.20. The number of carbonyl (C=O) groups is 2. The molecular weight excluding hydrogens is 242 g/mol. The number of ether oxygens (including phenoxy) is 1. The highest BCUT2D eigenvalue weighted by Gasteiger charge is 2.28. The summed E-state index contributed by atoms with van der Waals surface area (Å²) in [5.41, 5.74) is -0.898. The van der Waals surface area contributed by atoms with Gasteiger partial charge >= 0.3 is 0 Å². The minimum absolute atomic E-state index is 0.0426. The molecule has 0 fully saturated rings. The summed E-state index contributed by atoms with van der Waals surface area (Å²) in [5.74, 6) is 0.244. The number of carbonyl (C=O) groups excluding carboxylic acids is 2. The molecule has 0 saturated heterocycles. The second kappa shape index (κ2) is 7.63. The van der Waals surface area contributed by atoms with Crippen molar-refractivity contribution in [2.24, 2.45) is 5.41 Å². The van der Waals surface area contributed by atoms with Crippen LogP contribution in [-0.2, 0) is 14.3 Å². The van der Waals surface area contributed by atoms with E-state index in [1.54, 1.807) is 0 Å². The largest absolute Gasteiger partial charge is 0.375 e. The van der Waals surface area contributed by atoms with Crippen LogP contribution in [0.4, 0.5) is 0 Å². The van der Waals surface area contributed by atoms with Crippen LogP contribution < -0.4 is 5.32 Å². The van der Waals surface area contributed by atoms with Gasteiger partial charge in [-0.3, -0.25) is 9.59 Å². The summed E-state index contributed by atoms with van der Waals surface area (Å²) < 4.78 is 5.77. The van der Waals surface area contributed by atoms with Crippen LogP contribution in [0.3, 0.4) is 0 Å². The average Bonchev–Trinajstić information content (AvgIpc) is 2.27. The van der Waals surface area contributed by atoms with Gasteiger partial charge in [-0.05, 0) is 27.2 Å². The Labute approximate surface area is 117 Å². The Kier molecular flexibility index (Phi) is 7.27. The van der Waals surface area contributed by atoms with Crippen LogP contribution >= 0.6 is 0 Å². The normalized spacial score (nSPS) is 12.3. The van der Waals surface area contributed by atoms with Gasteiger partial charge in [0.1, 0.15) is 5.78 Å². The topological polar surface area (TPSA) is 55.4 Å². The molecular formula is C15H29NO3. The lowest BCUT2D eigenvalue weighted by atomic mass is 9.88. The fraction of sp³-hybridized carbons (Fsp3) is 0.867. The van der Waals surface area contributed by atoms with Crippen LogP contribution in [0.1, 0.15) is 60.8 Å². The van der Waals surface area contributed by atoms with E-state index in [9.17, 15) is 9.59 Å². The Morgan fingerprint density at radius 2 is 1.68 bits per heavy atom. The van der Waals surface area contributed by atoms with Gasteiger partial charge in [0.25, 0.3) is 0 Å². The summed E-state index contributed by atoms with van der Waals surface area (Å²) in [6, 6.07) is 0. The summed E-state index contributed by atoms with van der Waals surface area (Å²) in [6.45, 7) is 12.5. The number of amides is 1. The first kappa shape index (κ1) is 18.1. The molecule has 0 aliphatic carbocycles. The quantitative estimate of drug-likeness (QED) is 0.701. The third-order valence-corrected chi connectivity index (χ3v) is 3.19. The molecule has 4 heteroatoms. The Hall–Kier alpha value is -0.900. The van der Waals surface area contributed by atoms with Crippen LogP contribution in [-0.4, -0.2) is 30.4 Å². The molecule has 1 amide bonds. The van der Waals surface area contributed by atoms with Gasteiger partial charge in [-0.1, -0.05) is 20.8 Å². The Bertz CT molecular complexity index is 309. The second-order valence-corrected chi connectivity index (χ2v) is 6.17. The zero-order chi connectivity index (χ0) is 15.1. The van der Waals surface area contributed by atoms with Crippen molar-refractivity contribution in [2.45, 2.75) is 66.4 Å². The fourth-order valence-electron chi connectivity index (χ4n) is 1.75. The lowest BCUT2D eigenvalue weighted by Gasteiger charge is -2.28. The maximum Gasteiger partial charge on any atom is 0.225 e. The average molecular weight is 271 g/mol. The first-order chi connectivity index (χ1) is 8.64. The van der Waals surface area contributed by atoms with E-state index in [1.807, 2.05) is 41.5 Å². The summed E-state index contributed by atoms with van der Waals surface area (Å²) in [4.78, 5) is 23.3. The van der Waals surface area contributed by atoms with Gasteiger partial charge in [0, 0.05) is 31.4 Å². The van der Waals surface area contributed by atoms with Crippen molar-refractivity contribution in [2.75, 3.05) is 13.2 Å². The molecule has 0 saturated carbocycles. The Morgan fingerprint density at radius 1 is 1.11 bits per heavy atom. The predicted molar refractivity (Wildman–Crippen MR) is 77.0 cm³/mol. The van der Waals surface area contributed by atoms with E-state index in [1.165, 1.54) is 0 Å². The SMILES string of the molecule is CCNC(=O)C(C)(C)CCOC(C)(C)CC(=O)CC. The minimum atomic E-state index is -0.454. The van der Waals surface area contributed by atoms with Crippen molar-refractivity contribution in [3.8, 4) is 0 Å². The predicted octanol–water partition coefficient (Wildman–Crippen LogP) is 2.70. The van der Waals surface area contributed by atoms with Crippen molar-refractivity contribution in [1.29, 1.82) is 0 Å². The molecule has 1 N–H and O–H groups in total. The van der Waals surface area contributed by atoms with Crippen molar-refractivity contribution in [3.05, 3.63) is 0 Å². The van der Waals surface area contributed by atoms with E-state index in [2.05, 4.69) is 5.32 Å². The van der Waals surface area contributed by atoms with Crippen molar-refractivity contribution in [3.63, 3.8) is 0 Å². The molecule has 0 rings (SSSR count). The molecule has 0 heterocycles. The van der Waals surface area contributed by atoms with Gasteiger partial charge in [-0.2, -0.15) is 0 Å². The molecule has 0 aromatic heterocycles. The maximum atomic E-state index is 11.8. The highest BCUT2D eigenvalue weighted by molar-refractivity contribution is 5.81. The van der Waals surface area contributed by atoms with E-state index in [0.717, 1.165) is 0 Å².